The third kappa shape index (κ3) is 2.28. The van der Waals surface area contributed by atoms with Gasteiger partial charge < -0.3 is 4.90 Å². The van der Waals surface area contributed by atoms with Crippen LogP contribution in [-0.2, 0) is 0 Å². The van der Waals surface area contributed by atoms with Gasteiger partial charge in [0.1, 0.15) is 12.4 Å². The molecule has 1 aromatic carbocycles. The average molecular weight is 232 g/mol. The van der Waals surface area contributed by atoms with Gasteiger partial charge in [0.05, 0.1) is 5.69 Å². The molecular formula is C11H10F4N. The maximum absolute atomic E-state index is 13.5. The zero-order valence-electron chi connectivity index (χ0n) is 8.39. The number of alkyl halides is 3. The Bertz CT molecular complexity index is 386. The molecule has 0 saturated heterocycles. The molecule has 0 saturated carbocycles. The molecule has 1 aromatic rings. The van der Waals surface area contributed by atoms with Crippen molar-refractivity contribution in [2.75, 3.05) is 18.0 Å². The van der Waals surface area contributed by atoms with Gasteiger partial charge in [-0.15, -0.1) is 0 Å². The van der Waals surface area contributed by atoms with E-state index >= 15 is 0 Å². The van der Waals surface area contributed by atoms with E-state index in [4.69, 9.17) is 0 Å². The van der Waals surface area contributed by atoms with Crippen molar-refractivity contribution in [3.05, 3.63) is 36.0 Å². The van der Waals surface area contributed by atoms with Crippen LogP contribution in [0.1, 0.15) is 12.0 Å². The fraction of sp³-hybridized carbons (Fsp3) is 0.364. The minimum Gasteiger partial charge on any atom is -0.360 e. The van der Waals surface area contributed by atoms with Crippen molar-refractivity contribution in [1.29, 1.82) is 0 Å². The summed E-state index contributed by atoms with van der Waals surface area (Å²) in [7, 11) is 0. The van der Waals surface area contributed by atoms with Gasteiger partial charge in [-0.2, -0.15) is 13.2 Å². The van der Waals surface area contributed by atoms with Crippen molar-refractivity contribution in [1.82, 2.24) is 0 Å². The van der Waals surface area contributed by atoms with Crippen molar-refractivity contribution in [2.45, 2.75) is 12.6 Å². The Morgan fingerprint density at radius 1 is 1.25 bits per heavy atom. The Kier molecular flexibility index (Phi) is 2.78. The zero-order chi connectivity index (χ0) is 11.8. The molecule has 1 aliphatic heterocycles. The summed E-state index contributed by atoms with van der Waals surface area (Å²) in [5, 5.41) is 0. The Labute approximate surface area is 90.7 Å². The number of para-hydroxylation sites is 1. The first-order valence-corrected chi connectivity index (χ1v) is 4.91. The highest BCUT2D eigenvalue weighted by Gasteiger charge is 2.33. The van der Waals surface area contributed by atoms with Gasteiger partial charge in [-0.05, 0) is 24.5 Å². The van der Waals surface area contributed by atoms with Gasteiger partial charge in [0.15, 0.2) is 0 Å². The second-order valence-electron chi connectivity index (χ2n) is 3.71. The van der Waals surface area contributed by atoms with Crippen molar-refractivity contribution < 1.29 is 17.6 Å². The highest BCUT2D eigenvalue weighted by molar-refractivity contribution is 5.60. The molecule has 5 heteroatoms. The van der Waals surface area contributed by atoms with Crippen LogP contribution in [0.2, 0.25) is 0 Å². The van der Waals surface area contributed by atoms with Crippen molar-refractivity contribution in [3.63, 3.8) is 0 Å². The third-order valence-electron chi connectivity index (χ3n) is 2.47. The molecule has 0 aliphatic carbocycles. The van der Waals surface area contributed by atoms with Crippen LogP contribution in [0.3, 0.4) is 0 Å². The first-order valence-electron chi connectivity index (χ1n) is 4.91. The van der Waals surface area contributed by atoms with Crippen LogP contribution >= 0.6 is 0 Å². The quantitative estimate of drug-likeness (QED) is 0.672. The second kappa shape index (κ2) is 3.96. The molecule has 0 unspecified atom stereocenters. The molecule has 0 aromatic heterocycles. The lowest BCUT2D eigenvalue weighted by molar-refractivity contribution is -0.119. The third-order valence-corrected chi connectivity index (χ3v) is 2.47. The van der Waals surface area contributed by atoms with E-state index in [1.165, 1.54) is 12.1 Å². The summed E-state index contributed by atoms with van der Waals surface area (Å²) in [4.78, 5) is 1.05. The molecule has 1 heterocycles. The molecule has 1 aliphatic rings. The first kappa shape index (κ1) is 11.2. The molecule has 0 spiro atoms. The van der Waals surface area contributed by atoms with Crippen LogP contribution in [0.15, 0.2) is 18.2 Å². The van der Waals surface area contributed by atoms with E-state index in [0.717, 1.165) is 4.90 Å². The van der Waals surface area contributed by atoms with E-state index in [-0.39, 0.29) is 12.2 Å². The van der Waals surface area contributed by atoms with Gasteiger partial charge in [0, 0.05) is 6.54 Å². The molecule has 2 rings (SSSR count). The fourth-order valence-electron chi connectivity index (χ4n) is 1.89. The summed E-state index contributed by atoms with van der Waals surface area (Å²) in [5.41, 5.74) is 0.599. The van der Waals surface area contributed by atoms with E-state index in [1.807, 2.05) is 0 Å². The number of hydrogen-bond acceptors (Lipinski definition) is 1. The van der Waals surface area contributed by atoms with E-state index < -0.39 is 18.5 Å². The highest BCUT2D eigenvalue weighted by atomic mass is 19.4. The SMILES string of the molecule is Fc1cccc2c1N(CC(F)(F)F)CC[CH]2. The van der Waals surface area contributed by atoms with Gasteiger partial charge in [-0.1, -0.05) is 12.1 Å². The molecule has 1 nitrogen and oxygen atoms in total. The van der Waals surface area contributed by atoms with Crippen LogP contribution < -0.4 is 4.90 Å². The largest absolute Gasteiger partial charge is 0.405 e. The number of benzene rings is 1. The Hall–Kier alpha value is -1.26. The standard InChI is InChI=1S/C11H10F4N/c12-9-5-1-3-8-4-2-6-16(10(8)9)7-11(13,14)15/h1,3-5H,2,6-7H2. The lowest BCUT2D eigenvalue weighted by Crippen LogP contribution is -2.38. The number of anilines is 1. The molecule has 1 radical (unpaired) electrons. The van der Waals surface area contributed by atoms with E-state index in [9.17, 15) is 17.6 Å². The van der Waals surface area contributed by atoms with Gasteiger partial charge in [-0.3, -0.25) is 0 Å². The normalized spacial score (nSPS) is 16.1. The average Bonchev–Trinajstić information content (AvgIpc) is 2.15. The summed E-state index contributed by atoms with van der Waals surface area (Å²) >= 11 is 0. The van der Waals surface area contributed by atoms with Gasteiger partial charge in [0.2, 0.25) is 0 Å². The summed E-state index contributed by atoms with van der Waals surface area (Å²) in [5.74, 6) is -0.599. The van der Waals surface area contributed by atoms with Gasteiger partial charge >= 0.3 is 6.18 Å². The molecular weight excluding hydrogens is 222 g/mol. The maximum Gasteiger partial charge on any atom is 0.405 e. The van der Waals surface area contributed by atoms with Crippen LogP contribution in [0.4, 0.5) is 23.2 Å². The first-order chi connectivity index (χ1) is 7.47. The van der Waals surface area contributed by atoms with Crippen LogP contribution in [-0.4, -0.2) is 19.3 Å². The molecule has 0 fully saturated rings. The predicted octanol–water partition coefficient (Wildman–Crippen LogP) is 3.15. The number of nitrogens with zero attached hydrogens (tertiary/aromatic N) is 1. The monoisotopic (exact) mass is 232 g/mol. The Morgan fingerprint density at radius 2 is 2.00 bits per heavy atom. The molecule has 0 amide bonds. The van der Waals surface area contributed by atoms with Crippen molar-refractivity contribution >= 4 is 5.69 Å². The highest BCUT2D eigenvalue weighted by Crippen LogP contribution is 2.32. The van der Waals surface area contributed by atoms with Crippen molar-refractivity contribution in [2.24, 2.45) is 0 Å². The Balaban J connectivity index is 2.32. The van der Waals surface area contributed by atoms with Crippen LogP contribution in [0.5, 0.6) is 0 Å². The van der Waals surface area contributed by atoms with E-state index in [0.29, 0.717) is 12.0 Å². The molecule has 0 N–H and O–H groups in total. The molecule has 0 bridgehead atoms. The topological polar surface area (TPSA) is 3.24 Å². The van der Waals surface area contributed by atoms with E-state index in [1.54, 1.807) is 12.5 Å². The maximum atomic E-state index is 13.5. The minimum atomic E-state index is -4.31. The fourth-order valence-corrected chi connectivity index (χ4v) is 1.89. The lowest BCUT2D eigenvalue weighted by Gasteiger charge is -2.31. The van der Waals surface area contributed by atoms with Crippen LogP contribution in [0, 0.1) is 12.2 Å². The summed E-state index contributed by atoms with van der Waals surface area (Å²) in [6.45, 7) is -0.901. The smallest absolute Gasteiger partial charge is 0.360 e. The minimum absolute atomic E-state index is 0.0612. The van der Waals surface area contributed by atoms with Crippen LogP contribution in [0.25, 0.3) is 0 Å². The number of halogens is 4. The molecule has 0 atom stereocenters. The summed E-state index contributed by atoms with van der Waals surface area (Å²) in [6, 6.07) is 4.31. The Morgan fingerprint density at radius 3 is 2.69 bits per heavy atom. The number of hydrogen-bond donors (Lipinski definition) is 0. The zero-order valence-corrected chi connectivity index (χ0v) is 8.39. The van der Waals surface area contributed by atoms with Crippen molar-refractivity contribution in [3.8, 4) is 0 Å². The number of rotatable bonds is 1. The van der Waals surface area contributed by atoms with Gasteiger partial charge in [-0.25, -0.2) is 4.39 Å². The van der Waals surface area contributed by atoms with Gasteiger partial charge in [0.25, 0.3) is 0 Å². The lowest BCUT2D eigenvalue weighted by atomic mass is 10.0. The number of fused-ring (bicyclic) bond motifs is 1. The second-order valence-corrected chi connectivity index (χ2v) is 3.71. The summed E-state index contributed by atoms with van der Waals surface area (Å²) in [6.07, 6.45) is -2.05. The summed E-state index contributed by atoms with van der Waals surface area (Å²) < 4.78 is 50.3. The predicted molar refractivity (Wildman–Crippen MR) is 52.7 cm³/mol. The molecule has 87 valence electrons. The molecule has 16 heavy (non-hydrogen) atoms. The van der Waals surface area contributed by atoms with E-state index in [2.05, 4.69) is 0 Å².